The molecule has 2 rings (SSSR count). The Labute approximate surface area is 149 Å². The van der Waals surface area contributed by atoms with E-state index in [1.54, 1.807) is 30.3 Å². The third kappa shape index (κ3) is 5.33. The summed E-state index contributed by atoms with van der Waals surface area (Å²) in [5.41, 5.74) is 0.578. The van der Waals surface area contributed by atoms with E-state index in [1.165, 1.54) is 12.1 Å². The number of carbonyl (C=O) groups excluding carboxylic acids is 1. The number of amides is 1. The van der Waals surface area contributed by atoms with Crippen molar-refractivity contribution in [3.63, 3.8) is 0 Å². The first-order valence-electron chi connectivity index (χ1n) is 7.18. The second-order valence-corrected chi connectivity index (χ2v) is 7.47. The van der Waals surface area contributed by atoms with Crippen molar-refractivity contribution in [1.82, 2.24) is 4.72 Å². The van der Waals surface area contributed by atoms with Gasteiger partial charge in [-0.05, 0) is 49.4 Å². The first-order valence-corrected chi connectivity index (χ1v) is 9.46. The molecule has 0 saturated carbocycles. The topological polar surface area (TPSA) is 84.5 Å². The van der Waals surface area contributed by atoms with E-state index in [2.05, 4.69) is 26.0 Å². The van der Waals surface area contributed by atoms with Gasteiger partial charge in [0.2, 0.25) is 15.9 Å². The Morgan fingerprint density at radius 1 is 1.17 bits per heavy atom. The molecule has 0 aromatic heterocycles. The van der Waals surface area contributed by atoms with Gasteiger partial charge in [0.15, 0.2) is 0 Å². The molecule has 0 aliphatic heterocycles. The van der Waals surface area contributed by atoms with Gasteiger partial charge in [-0.1, -0.05) is 22.0 Å². The smallest absolute Gasteiger partial charge is 0.241 e. The Hall–Kier alpha value is -1.90. The van der Waals surface area contributed by atoms with Crippen LogP contribution in [0, 0.1) is 0 Å². The molecule has 2 aromatic carbocycles. The van der Waals surface area contributed by atoms with Crippen LogP contribution in [-0.4, -0.2) is 27.5 Å². The highest BCUT2D eigenvalue weighted by molar-refractivity contribution is 9.10. The SMILES string of the molecule is CCOc1ccc(S(=O)(=O)NCC(=O)Nc2cccc(Br)c2)cc1. The molecule has 0 radical (unpaired) electrons. The van der Waals surface area contributed by atoms with Crippen LogP contribution in [0.5, 0.6) is 5.75 Å². The molecule has 8 heteroatoms. The van der Waals surface area contributed by atoms with E-state index in [-0.39, 0.29) is 11.4 Å². The molecular weight excluding hydrogens is 396 g/mol. The lowest BCUT2D eigenvalue weighted by molar-refractivity contribution is -0.115. The van der Waals surface area contributed by atoms with E-state index < -0.39 is 15.9 Å². The summed E-state index contributed by atoms with van der Waals surface area (Å²) in [5.74, 6) is 0.131. The van der Waals surface area contributed by atoms with Gasteiger partial charge >= 0.3 is 0 Å². The summed E-state index contributed by atoms with van der Waals surface area (Å²) in [5, 5.41) is 2.62. The van der Waals surface area contributed by atoms with E-state index in [4.69, 9.17) is 4.74 Å². The van der Waals surface area contributed by atoms with Crippen LogP contribution >= 0.6 is 15.9 Å². The zero-order valence-electron chi connectivity index (χ0n) is 13.0. The molecule has 0 heterocycles. The molecule has 0 unspecified atom stereocenters. The van der Waals surface area contributed by atoms with Gasteiger partial charge in [-0.2, -0.15) is 0 Å². The normalized spacial score (nSPS) is 11.1. The van der Waals surface area contributed by atoms with E-state index in [1.807, 2.05) is 13.0 Å². The number of rotatable bonds is 7. The lowest BCUT2D eigenvalue weighted by Crippen LogP contribution is -2.32. The van der Waals surface area contributed by atoms with Crippen LogP contribution in [0.25, 0.3) is 0 Å². The van der Waals surface area contributed by atoms with Crippen LogP contribution in [0.15, 0.2) is 57.9 Å². The second-order valence-electron chi connectivity index (χ2n) is 4.79. The Balaban J connectivity index is 1.95. The van der Waals surface area contributed by atoms with Gasteiger partial charge in [0.05, 0.1) is 18.0 Å². The Morgan fingerprint density at radius 2 is 1.88 bits per heavy atom. The summed E-state index contributed by atoms with van der Waals surface area (Å²) in [4.78, 5) is 11.9. The predicted octanol–water partition coefficient (Wildman–Crippen LogP) is 2.76. The summed E-state index contributed by atoms with van der Waals surface area (Å²) in [7, 11) is -3.76. The van der Waals surface area contributed by atoms with Crippen molar-refractivity contribution < 1.29 is 17.9 Å². The fourth-order valence-corrected chi connectivity index (χ4v) is 3.28. The van der Waals surface area contributed by atoms with E-state index in [0.717, 1.165) is 4.47 Å². The zero-order valence-corrected chi connectivity index (χ0v) is 15.4. The number of halogens is 1. The maximum absolute atomic E-state index is 12.2. The monoisotopic (exact) mass is 412 g/mol. The summed E-state index contributed by atoms with van der Waals surface area (Å²) in [6, 6.07) is 13.0. The summed E-state index contributed by atoms with van der Waals surface area (Å²) in [6.45, 7) is 1.98. The van der Waals surface area contributed by atoms with Crippen LogP contribution in [0.2, 0.25) is 0 Å². The molecule has 1 amide bonds. The average Bonchev–Trinajstić information content (AvgIpc) is 2.54. The molecule has 24 heavy (non-hydrogen) atoms. The molecule has 0 bridgehead atoms. The quantitative estimate of drug-likeness (QED) is 0.731. The lowest BCUT2D eigenvalue weighted by atomic mass is 10.3. The Kier molecular flexibility index (Phi) is 6.36. The molecule has 128 valence electrons. The van der Waals surface area contributed by atoms with E-state index >= 15 is 0 Å². The van der Waals surface area contributed by atoms with Crippen LogP contribution in [0.1, 0.15) is 6.92 Å². The number of ether oxygens (including phenoxy) is 1. The average molecular weight is 413 g/mol. The van der Waals surface area contributed by atoms with Crippen LogP contribution in [0.3, 0.4) is 0 Å². The highest BCUT2D eigenvalue weighted by Gasteiger charge is 2.15. The molecule has 2 N–H and O–H groups in total. The minimum atomic E-state index is -3.76. The van der Waals surface area contributed by atoms with Crippen molar-refractivity contribution in [2.24, 2.45) is 0 Å². The van der Waals surface area contributed by atoms with Crippen molar-refractivity contribution in [2.45, 2.75) is 11.8 Å². The standard InChI is InChI=1S/C16H17BrN2O4S/c1-2-23-14-6-8-15(9-7-14)24(21,22)18-11-16(20)19-13-5-3-4-12(17)10-13/h3-10,18H,2,11H2,1H3,(H,19,20). The van der Waals surface area contributed by atoms with Crippen molar-refractivity contribution >= 4 is 37.5 Å². The maximum Gasteiger partial charge on any atom is 0.241 e. The Morgan fingerprint density at radius 3 is 2.50 bits per heavy atom. The zero-order chi connectivity index (χ0) is 17.6. The van der Waals surface area contributed by atoms with Gasteiger partial charge in [0.25, 0.3) is 0 Å². The Bertz CT molecular complexity index is 807. The van der Waals surface area contributed by atoms with Crippen LogP contribution in [0.4, 0.5) is 5.69 Å². The van der Waals surface area contributed by atoms with Crippen molar-refractivity contribution in [2.75, 3.05) is 18.5 Å². The highest BCUT2D eigenvalue weighted by atomic mass is 79.9. The first kappa shape index (κ1) is 18.4. The third-order valence-electron chi connectivity index (χ3n) is 2.98. The van der Waals surface area contributed by atoms with E-state index in [9.17, 15) is 13.2 Å². The molecule has 0 saturated heterocycles. The van der Waals surface area contributed by atoms with Gasteiger partial charge in [0, 0.05) is 10.2 Å². The molecular formula is C16H17BrN2O4S. The van der Waals surface area contributed by atoms with Gasteiger partial charge in [-0.15, -0.1) is 0 Å². The largest absolute Gasteiger partial charge is 0.494 e. The number of carbonyl (C=O) groups is 1. The van der Waals surface area contributed by atoms with Crippen LogP contribution < -0.4 is 14.8 Å². The van der Waals surface area contributed by atoms with Gasteiger partial charge in [-0.25, -0.2) is 13.1 Å². The van der Waals surface area contributed by atoms with Crippen molar-refractivity contribution in [3.8, 4) is 5.75 Å². The van der Waals surface area contributed by atoms with Gasteiger partial charge in [0.1, 0.15) is 5.75 Å². The highest BCUT2D eigenvalue weighted by Crippen LogP contribution is 2.17. The van der Waals surface area contributed by atoms with Gasteiger partial charge in [-0.3, -0.25) is 4.79 Å². The third-order valence-corrected chi connectivity index (χ3v) is 4.89. The number of anilines is 1. The van der Waals surface area contributed by atoms with Crippen molar-refractivity contribution in [1.29, 1.82) is 0 Å². The number of nitrogens with one attached hydrogen (secondary N) is 2. The molecule has 0 aliphatic carbocycles. The number of sulfonamides is 1. The number of hydrogen-bond donors (Lipinski definition) is 2. The molecule has 2 aromatic rings. The van der Waals surface area contributed by atoms with Crippen molar-refractivity contribution in [3.05, 3.63) is 53.0 Å². The summed E-state index contributed by atoms with van der Waals surface area (Å²) in [6.07, 6.45) is 0. The maximum atomic E-state index is 12.2. The molecule has 6 nitrogen and oxygen atoms in total. The molecule has 0 atom stereocenters. The lowest BCUT2D eigenvalue weighted by Gasteiger charge is -2.09. The fraction of sp³-hybridized carbons (Fsp3) is 0.188. The summed E-state index contributed by atoms with van der Waals surface area (Å²) >= 11 is 3.30. The van der Waals surface area contributed by atoms with Crippen LogP contribution in [-0.2, 0) is 14.8 Å². The number of benzene rings is 2. The second kappa shape index (κ2) is 8.27. The minimum Gasteiger partial charge on any atom is -0.494 e. The summed E-state index contributed by atoms with van der Waals surface area (Å²) < 4.78 is 32.7. The first-order chi connectivity index (χ1) is 11.4. The molecule has 0 spiro atoms. The molecule has 0 aliphatic rings. The fourth-order valence-electron chi connectivity index (χ4n) is 1.90. The number of hydrogen-bond acceptors (Lipinski definition) is 4. The predicted molar refractivity (Wildman–Crippen MR) is 95.6 cm³/mol. The molecule has 0 fully saturated rings. The minimum absolute atomic E-state index is 0.0706. The van der Waals surface area contributed by atoms with E-state index in [0.29, 0.717) is 18.0 Å². The van der Waals surface area contributed by atoms with Gasteiger partial charge < -0.3 is 10.1 Å².